The van der Waals surface area contributed by atoms with E-state index in [4.69, 9.17) is 0 Å². The summed E-state index contributed by atoms with van der Waals surface area (Å²) in [6.07, 6.45) is 9.01. The normalized spacial score (nSPS) is 13.1. The van der Waals surface area contributed by atoms with Crippen LogP contribution in [-0.2, 0) is 5.41 Å². The Hall–Kier alpha value is -10.8. The van der Waals surface area contributed by atoms with Crippen LogP contribution in [0.1, 0.15) is 47.2 Å². The van der Waals surface area contributed by atoms with Crippen molar-refractivity contribution in [3.63, 3.8) is 0 Å². The molecule has 0 radical (unpaired) electrons. The third-order valence-electron chi connectivity index (χ3n) is 18.5. The van der Waals surface area contributed by atoms with Crippen LogP contribution in [0.2, 0.25) is 0 Å². The van der Waals surface area contributed by atoms with Crippen LogP contribution in [0, 0.1) is 0 Å². The van der Waals surface area contributed by atoms with Gasteiger partial charge >= 0.3 is 0 Å². The molecule has 0 aliphatic heterocycles. The highest BCUT2D eigenvalue weighted by molar-refractivity contribution is 6.17. The van der Waals surface area contributed by atoms with Crippen molar-refractivity contribution < 1.29 is 0 Å². The zero-order valence-corrected chi connectivity index (χ0v) is 47.3. The lowest BCUT2D eigenvalue weighted by molar-refractivity contribution is 0.660. The minimum absolute atomic E-state index is 0.144. The Morgan fingerprint density at radius 1 is 0.247 bits per heavy atom. The minimum Gasteiger partial charge on any atom is -0.309 e. The quantitative estimate of drug-likeness (QED) is 0.106. The summed E-state index contributed by atoms with van der Waals surface area (Å²) in [6.45, 7) is 4.74. The lowest BCUT2D eigenvalue weighted by Crippen LogP contribution is -2.15. The van der Waals surface area contributed by atoms with Gasteiger partial charge in [0.05, 0.1) is 33.4 Å². The first-order valence-electron chi connectivity index (χ1n) is 29.6. The van der Waals surface area contributed by atoms with Gasteiger partial charge in [0.25, 0.3) is 0 Å². The summed E-state index contributed by atoms with van der Waals surface area (Å²) in [5.41, 5.74) is 22.1. The summed E-state index contributed by atoms with van der Waals surface area (Å²) in [6, 6.07) is 103. The van der Waals surface area contributed by atoms with E-state index in [9.17, 15) is 0 Å². The Labute approximate surface area is 493 Å². The fourth-order valence-corrected chi connectivity index (χ4v) is 14.2. The van der Waals surface area contributed by atoms with E-state index in [-0.39, 0.29) is 5.41 Å². The number of benzene rings is 14. The highest BCUT2D eigenvalue weighted by atomic mass is 15.0. The average Bonchev–Trinajstić information content (AvgIpc) is 2.21. The van der Waals surface area contributed by atoms with E-state index in [0.717, 1.165) is 0 Å². The summed E-state index contributed by atoms with van der Waals surface area (Å²) in [4.78, 5) is 0. The molecule has 0 amide bonds. The predicted octanol–water partition coefficient (Wildman–Crippen LogP) is 22.5. The fraction of sp³-hybridized carbons (Fsp3) is 0.0361. The highest BCUT2D eigenvalue weighted by Crippen LogP contribution is 2.50. The number of fused-ring (bicyclic) bond motifs is 15. The molecule has 2 nitrogen and oxygen atoms in total. The zero-order chi connectivity index (χ0) is 56.3. The minimum atomic E-state index is -0.144. The van der Waals surface area contributed by atoms with E-state index >= 15 is 0 Å². The second-order valence-electron chi connectivity index (χ2n) is 23.6. The van der Waals surface area contributed by atoms with Crippen LogP contribution in [0.5, 0.6) is 0 Å². The molecule has 16 aromatic rings. The molecule has 0 atom stereocenters. The van der Waals surface area contributed by atoms with Crippen LogP contribution in [0.4, 0.5) is 0 Å². The number of nitrogens with zero attached hydrogens (tertiary/aromatic N) is 2. The van der Waals surface area contributed by atoms with Crippen molar-refractivity contribution >= 4 is 111 Å². The summed E-state index contributed by atoms with van der Waals surface area (Å²) in [5, 5.41) is 15.1. The molecular weight excluding hydrogens is 1020 g/mol. The molecule has 2 heteroatoms. The number of para-hydroxylation sites is 2. The van der Waals surface area contributed by atoms with Crippen molar-refractivity contribution in [2.45, 2.75) is 19.3 Å². The van der Waals surface area contributed by atoms with Gasteiger partial charge in [-0.3, -0.25) is 0 Å². The maximum atomic E-state index is 2.46. The lowest BCUT2D eigenvalue weighted by atomic mass is 9.81. The molecule has 0 fully saturated rings. The van der Waals surface area contributed by atoms with Crippen molar-refractivity contribution in [3.8, 4) is 44.8 Å². The molecule has 2 aromatic heterocycles. The molecule has 14 aromatic carbocycles. The zero-order valence-electron chi connectivity index (χ0n) is 47.3. The number of rotatable bonds is 8. The Bertz CT molecular complexity index is 5150. The number of hydrogen-bond donors (Lipinski definition) is 0. The number of aromatic nitrogens is 2. The SMILES string of the molecule is CC1(C)c2cc(/C=C/c3ccc(-c4ccc5c(c4)c4ccccc4n5-c4cc5ccccc5c5ccccc45)cc3)ccc2-c2ccc(/C=C/c3ccc(-c4ccc5c(c4)c4ccccc4n5-c4cc5ccccc5c5ccccc45)cc3)cc21. The number of hydrogen-bond acceptors (Lipinski definition) is 0. The molecule has 0 N–H and O–H groups in total. The maximum absolute atomic E-state index is 2.46. The summed E-state index contributed by atoms with van der Waals surface area (Å²) in [5.74, 6) is 0. The monoisotopic (exact) mass is 1080 g/mol. The first kappa shape index (κ1) is 48.9. The van der Waals surface area contributed by atoms with E-state index in [1.54, 1.807) is 0 Å². The van der Waals surface area contributed by atoms with Crippen LogP contribution in [-0.4, -0.2) is 9.13 Å². The summed E-state index contributed by atoms with van der Waals surface area (Å²) < 4.78 is 4.92. The van der Waals surface area contributed by atoms with E-state index in [1.165, 1.54) is 165 Å². The molecule has 0 bridgehead atoms. The van der Waals surface area contributed by atoms with E-state index in [1.807, 2.05) is 0 Å². The topological polar surface area (TPSA) is 9.86 Å². The Morgan fingerprint density at radius 2 is 0.576 bits per heavy atom. The molecule has 0 saturated carbocycles. The first-order chi connectivity index (χ1) is 41.9. The molecule has 17 rings (SSSR count). The van der Waals surface area contributed by atoms with Crippen LogP contribution in [0.25, 0.3) is 156 Å². The van der Waals surface area contributed by atoms with Crippen molar-refractivity contribution in [1.82, 2.24) is 9.13 Å². The predicted molar refractivity (Wildman–Crippen MR) is 364 cm³/mol. The maximum Gasteiger partial charge on any atom is 0.0546 e. The van der Waals surface area contributed by atoms with Gasteiger partial charge in [0.1, 0.15) is 0 Å². The molecule has 85 heavy (non-hydrogen) atoms. The van der Waals surface area contributed by atoms with Gasteiger partial charge < -0.3 is 9.13 Å². The summed E-state index contributed by atoms with van der Waals surface area (Å²) >= 11 is 0. The van der Waals surface area contributed by atoms with Gasteiger partial charge in [-0.1, -0.05) is 269 Å². The third kappa shape index (κ3) is 7.87. The molecule has 0 unspecified atom stereocenters. The van der Waals surface area contributed by atoms with E-state index < -0.39 is 0 Å². The molecule has 2 heterocycles. The van der Waals surface area contributed by atoms with Crippen LogP contribution in [0.15, 0.2) is 279 Å². The smallest absolute Gasteiger partial charge is 0.0546 e. The van der Waals surface area contributed by atoms with Crippen LogP contribution < -0.4 is 0 Å². The second kappa shape index (κ2) is 19.1. The molecule has 1 aliphatic carbocycles. The van der Waals surface area contributed by atoms with Gasteiger partial charge in [-0.2, -0.15) is 0 Å². The molecular formula is C83H56N2. The van der Waals surface area contributed by atoms with Gasteiger partial charge in [0.15, 0.2) is 0 Å². The van der Waals surface area contributed by atoms with Crippen molar-refractivity contribution in [3.05, 3.63) is 312 Å². The fourth-order valence-electron chi connectivity index (χ4n) is 14.2. The standard InChI is InChI=1S/C83H56N2/c1-83(2)75-47-55(29-27-53-31-37-57(38-32-53)59-41-45-79-73(49-59)71-23-11-13-25-77(71)84(79)81-51-61-15-3-5-17-63(61)65-19-7-9-21-69(65)81)35-43-67(75)68-44-36-56(48-76(68)83)30-28-54-33-39-58(40-34-54)60-42-46-80-74(50-60)72-24-12-14-26-78(72)85(80)82-52-62-16-4-6-18-64(62)66-20-8-10-22-70(66)82/h3-52H,1-2H3/b29-27+,30-28+. The Morgan fingerprint density at radius 3 is 1.01 bits per heavy atom. The molecule has 398 valence electrons. The van der Waals surface area contributed by atoms with E-state index in [2.05, 4.69) is 326 Å². The summed E-state index contributed by atoms with van der Waals surface area (Å²) in [7, 11) is 0. The molecule has 1 aliphatic rings. The van der Waals surface area contributed by atoms with Crippen LogP contribution in [0.3, 0.4) is 0 Å². The Kier molecular flexibility index (Phi) is 11.0. The highest BCUT2D eigenvalue weighted by Gasteiger charge is 2.35. The lowest BCUT2D eigenvalue weighted by Gasteiger charge is -2.22. The first-order valence-corrected chi connectivity index (χ1v) is 29.6. The van der Waals surface area contributed by atoms with Gasteiger partial charge in [-0.25, -0.2) is 0 Å². The van der Waals surface area contributed by atoms with Crippen LogP contribution >= 0.6 is 0 Å². The second-order valence-corrected chi connectivity index (χ2v) is 23.6. The molecule has 0 spiro atoms. The van der Waals surface area contributed by atoms with Crippen molar-refractivity contribution in [2.24, 2.45) is 0 Å². The molecule has 0 saturated heterocycles. The van der Waals surface area contributed by atoms with Gasteiger partial charge in [-0.15, -0.1) is 0 Å². The third-order valence-corrected chi connectivity index (χ3v) is 18.5. The van der Waals surface area contributed by atoms with Gasteiger partial charge in [0.2, 0.25) is 0 Å². The largest absolute Gasteiger partial charge is 0.309 e. The van der Waals surface area contributed by atoms with E-state index in [0.29, 0.717) is 0 Å². The van der Waals surface area contributed by atoms with Crippen molar-refractivity contribution in [2.75, 3.05) is 0 Å². The Balaban J connectivity index is 0.606. The van der Waals surface area contributed by atoms with Crippen molar-refractivity contribution in [1.29, 1.82) is 0 Å². The average molecular weight is 1080 g/mol. The van der Waals surface area contributed by atoms with Gasteiger partial charge in [-0.05, 0) is 148 Å². The van der Waals surface area contributed by atoms with Gasteiger partial charge in [0, 0.05) is 37.7 Å².